The van der Waals surface area contributed by atoms with Crippen LogP contribution in [0.4, 0.5) is 0 Å². The molecule has 0 fully saturated rings. The van der Waals surface area contributed by atoms with Crippen LogP contribution in [-0.4, -0.2) is 27.2 Å². The molecule has 0 radical (unpaired) electrons. The van der Waals surface area contributed by atoms with Gasteiger partial charge in [0.25, 0.3) is 0 Å². The smallest absolute Gasteiger partial charge is 0.326 e. The first kappa shape index (κ1) is 12.7. The first-order valence-corrected chi connectivity index (χ1v) is 5.64. The summed E-state index contributed by atoms with van der Waals surface area (Å²) in [5.74, 6) is -0.797. The van der Waals surface area contributed by atoms with Gasteiger partial charge in [0, 0.05) is 12.7 Å². The van der Waals surface area contributed by atoms with Crippen molar-refractivity contribution in [2.75, 3.05) is 6.54 Å². The summed E-state index contributed by atoms with van der Waals surface area (Å²) in [7, 11) is 0. The molecule has 1 rings (SSSR count). The molecule has 0 spiro atoms. The van der Waals surface area contributed by atoms with Crippen molar-refractivity contribution in [2.45, 2.75) is 39.3 Å². The predicted molar refractivity (Wildman–Crippen MR) is 61.2 cm³/mol. The fourth-order valence-electron chi connectivity index (χ4n) is 1.57. The molecule has 5 heteroatoms. The van der Waals surface area contributed by atoms with Crippen LogP contribution in [0.2, 0.25) is 0 Å². The Morgan fingerprint density at radius 3 is 2.94 bits per heavy atom. The van der Waals surface area contributed by atoms with Crippen molar-refractivity contribution in [1.29, 1.82) is 0 Å². The maximum Gasteiger partial charge on any atom is 0.326 e. The Morgan fingerprint density at radius 1 is 1.62 bits per heavy atom. The standard InChI is InChI=1S/C11H19N3O2/c1-3-5-10(11(15)16)14-7-9(13-8-14)6-12-4-2/h7-8,10,12H,3-6H2,1-2H3,(H,15,16). The SMILES string of the molecule is CCCC(C(=O)O)n1cnc(CNCC)c1. The van der Waals surface area contributed by atoms with Gasteiger partial charge < -0.3 is 15.0 Å². The molecule has 0 aliphatic rings. The summed E-state index contributed by atoms with van der Waals surface area (Å²) < 4.78 is 1.68. The van der Waals surface area contributed by atoms with Gasteiger partial charge in [0.1, 0.15) is 6.04 Å². The summed E-state index contributed by atoms with van der Waals surface area (Å²) in [5.41, 5.74) is 0.879. The predicted octanol–water partition coefficient (Wildman–Crippen LogP) is 1.42. The number of imidazole rings is 1. The molecule has 2 N–H and O–H groups in total. The van der Waals surface area contributed by atoms with Gasteiger partial charge in [-0.25, -0.2) is 9.78 Å². The number of hydrogen-bond acceptors (Lipinski definition) is 3. The first-order valence-electron chi connectivity index (χ1n) is 5.64. The lowest BCUT2D eigenvalue weighted by molar-refractivity contribution is -0.141. The second-order valence-electron chi connectivity index (χ2n) is 3.74. The summed E-state index contributed by atoms with van der Waals surface area (Å²) in [6.07, 6.45) is 4.88. The molecule has 0 aliphatic heterocycles. The Bertz CT molecular complexity index is 336. The molecule has 1 atom stereocenters. The van der Waals surface area contributed by atoms with E-state index < -0.39 is 12.0 Å². The summed E-state index contributed by atoms with van der Waals surface area (Å²) in [5, 5.41) is 12.2. The van der Waals surface area contributed by atoms with E-state index in [-0.39, 0.29) is 0 Å². The molecule has 0 saturated carbocycles. The van der Waals surface area contributed by atoms with Gasteiger partial charge in [0.2, 0.25) is 0 Å². The molecule has 1 aromatic heterocycles. The Labute approximate surface area is 95.5 Å². The number of aliphatic carboxylic acids is 1. The first-order chi connectivity index (χ1) is 7.69. The van der Waals surface area contributed by atoms with E-state index in [2.05, 4.69) is 10.3 Å². The van der Waals surface area contributed by atoms with Crippen LogP contribution >= 0.6 is 0 Å². The van der Waals surface area contributed by atoms with E-state index in [1.807, 2.05) is 13.8 Å². The minimum Gasteiger partial charge on any atom is -0.480 e. The quantitative estimate of drug-likeness (QED) is 0.736. The molecule has 5 nitrogen and oxygen atoms in total. The minimum absolute atomic E-state index is 0.493. The lowest BCUT2D eigenvalue weighted by Gasteiger charge is -2.11. The van der Waals surface area contributed by atoms with Gasteiger partial charge in [-0.15, -0.1) is 0 Å². The van der Waals surface area contributed by atoms with E-state index in [4.69, 9.17) is 5.11 Å². The lowest BCUT2D eigenvalue weighted by Crippen LogP contribution is -2.17. The highest BCUT2D eigenvalue weighted by Crippen LogP contribution is 2.14. The van der Waals surface area contributed by atoms with Crippen molar-refractivity contribution in [2.24, 2.45) is 0 Å². The van der Waals surface area contributed by atoms with E-state index in [0.29, 0.717) is 13.0 Å². The number of hydrogen-bond donors (Lipinski definition) is 2. The molecule has 1 heterocycles. The molecule has 0 amide bonds. The maximum atomic E-state index is 11.0. The Balaban J connectivity index is 2.69. The fourth-order valence-corrected chi connectivity index (χ4v) is 1.57. The average molecular weight is 225 g/mol. The zero-order chi connectivity index (χ0) is 12.0. The lowest BCUT2D eigenvalue weighted by atomic mass is 10.2. The van der Waals surface area contributed by atoms with Crippen molar-refractivity contribution in [3.05, 3.63) is 18.2 Å². The van der Waals surface area contributed by atoms with Gasteiger partial charge in [-0.3, -0.25) is 0 Å². The van der Waals surface area contributed by atoms with Crippen molar-refractivity contribution >= 4 is 5.97 Å². The summed E-state index contributed by atoms with van der Waals surface area (Å²) in [6.45, 7) is 5.56. The van der Waals surface area contributed by atoms with Crippen molar-refractivity contribution < 1.29 is 9.90 Å². The zero-order valence-corrected chi connectivity index (χ0v) is 9.81. The van der Waals surface area contributed by atoms with Crippen LogP contribution in [0.25, 0.3) is 0 Å². The van der Waals surface area contributed by atoms with Gasteiger partial charge in [-0.1, -0.05) is 20.3 Å². The van der Waals surface area contributed by atoms with Crippen LogP contribution in [-0.2, 0) is 11.3 Å². The van der Waals surface area contributed by atoms with Crippen molar-refractivity contribution in [3.63, 3.8) is 0 Å². The number of carboxylic acids is 1. The third-order valence-electron chi connectivity index (χ3n) is 2.42. The molecule has 90 valence electrons. The largest absolute Gasteiger partial charge is 0.480 e. The minimum atomic E-state index is -0.797. The summed E-state index contributed by atoms with van der Waals surface area (Å²) in [4.78, 5) is 15.2. The summed E-state index contributed by atoms with van der Waals surface area (Å²) >= 11 is 0. The Kier molecular flexibility index (Phi) is 4.98. The van der Waals surface area contributed by atoms with Crippen LogP contribution in [0.5, 0.6) is 0 Å². The van der Waals surface area contributed by atoms with Crippen LogP contribution < -0.4 is 5.32 Å². The monoisotopic (exact) mass is 225 g/mol. The molecule has 0 bridgehead atoms. The highest BCUT2D eigenvalue weighted by molar-refractivity contribution is 5.71. The number of carboxylic acid groups (broad SMARTS) is 1. The van der Waals surface area contributed by atoms with E-state index in [1.54, 1.807) is 17.1 Å². The Morgan fingerprint density at radius 2 is 2.38 bits per heavy atom. The average Bonchev–Trinajstić information content (AvgIpc) is 2.70. The third kappa shape index (κ3) is 3.34. The van der Waals surface area contributed by atoms with Crippen molar-refractivity contribution in [1.82, 2.24) is 14.9 Å². The molecule has 16 heavy (non-hydrogen) atoms. The Hall–Kier alpha value is -1.36. The summed E-state index contributed by atoms with van der Waals surface area (Å²) in [6, 6.07) is -0.493. The fraction of sp³-hybridized carbons (Fsp3) is 0.636. The van der Waals surface area contributed by atoms with E-state index >= 15 is 0 Å². The number of aromatic nitrogens is 2. The van der Waals surface area contributed by atoms with Gasteiger partial charge in [-0.05, 0) is 13.0 Å². The van der Waals surface area contributed by atoms with Crippen molar-refractivity contribution in [3.8, 4) is 0 Å². The maximum absolute atomic E-state index is 11.0. The number of nitrogens with one attached hydrogen (secondary N) is 1. The molecule has 0 aliphatic carbocycles. The van der Waals surface area contributed by atoms with Gasteiger partial charge in [0.15, 0.2) is 0 Å². The molecule has 1 unspecified atom stereocenters. The van der Waals surface area contributed by atoms with Gasteiger partial charge in [-0.2, -0.15) is 0 Å². The zero-order valence-electron chi connectivity index (χ0n) is 9.81. The van der Waals surface area contributed by atoms with Crippen LogP contribution in [0.15, 0.2) is 12.5 Å². The number of nitrogens with zero attached hydrogens (tertiary/aromatic N) is 2. The molecule has 0 saturated heterocycles. The topological polar surface area (TPSA) is 67.1 Å². The normalized spacial score (nSPS) is 12.6. The molecule has 1 aromatic rings. The van der Waals surface area contributed by atoms with E-state index in [1.165, 1.54) is 0 Å². The second kappa shape index (κ2) is 6.27. The number of carbonyl (C=O) groups is 1. The van der Waals surface area contributed by atoms with Crippen LogP contribution in [0, 0.1) is 0 Å². The molecule has 0 aromatic carbocycles. The van der Waals surface area contributed by atoms with E-state index in [0.717, 1.165) is 18.7 Å². The molecular formula is C11H19N3O2. The second-order valence-corrected chi connectivity index (χ2v) is 3.74. The third-order valence-corrected chi connectivity index (χ3v) is 2.42. The molecular weight excluding hydrogens is 206 g/mol. The number of rotatable bonds is 7. The van der Waals surface area contributed by atoms with Crippen LogP contribution in [0.3, 0.4) is 0 Å². The highest BCUT2D eigenvalue weighted by atomic mass is 16.4. The van der Waals surface area contributed by atoms with Gasteiger partial charge in [0.05, 0.1) is 12.0 Å². The highest BCUT2D eigenvalue weighted by Gasteiger charge is 2.18. The van der Waals surface area contributed by atoms with E-state index in [9.17, 15) is 4.79 Å². The van der Waals surface area contributed by atoms with Gasteiger partial charge >= 0.3 is 5.97 Å². The van der Waals surface area contributed by atoms with Crippen LogP contribution in [0.1, 0.15) is 38.4 Å².